The fourth-order valence-electron chi connectivity index (χ4n) is 2.90. The molecule has 2 rings (SSSR count). The number of benzene rings is 1. The molecule has 0 saturated carbocycles. The van der Waals surface area contributed by atoms with Crippen molar-refractivity contribution in [2.45, 2.75) is 39.9 Å². The largest absolute Gasteiger partial charge is 0.326 e. The number of nitrogens with two attached hydrogens (primary N) is 1. The van der Waals surface area contributed by atoms with Crippen molar-refractivity contribution in [3.05, 3.63) is 35.4 Å². The number of rotatable bonds is 8. The first-order valence-electron chi connectivity index (χ1n) is 9.07. The Kier molecular flexibility index (Phi) is 7.50. The van der Waals surface area contributed by atoms with Crippen LogP contribution in [0.1, 0.15) is 31.9 Å². The molecule has 0 bridgehead atoms. The maximum atomic E-state index is 6.06. The molecule has 1 atom stereocenters. The number of likely N-dealkylation sites (N-methyl/N-ethyl adjacent to an activating group) is 1. The van der Waals surface area contributed by atoms with Gasteiger partial charge >= 0.3 is 0 Å². The van der Waals surface area contributed by atoms with Crippen molar-refractivity contribution < 1.29 is 0 Å². The predicted molar refractivity (Wildman–Crippen MR) is 98.4 cm³/mol. The second-order valence-electron chi connectivity index (χ2n) is 7.07. The molecule has 1 aliphatic rings. The third kappa shape index (κ3) is 6.22. The van der Waals surface area contributed by atoms with Gasteiger partial charge in [0, 0.05) is 51.9 Å². The van der Waals surface area contributed by atoms with Crippen LogP contribution in [-0.2, 0) is 13.1 Å². The summed E-state index contributed by atoms with van der Waals surface area (Å²) in [6, 6.07) is 9.25. The number of nitrogens with zero attached hydrogens (tertiary/aromatic N) is 2. The number of hydrogen-bond acceptors (Lipinski definition) is 4. The number of piperazine rings is 1. The van der Waals surface area contributed by atoms with Gasteiger partial charge in [0.1, 0.15) is 0 Å². The van der Waals surface area contributed by atoms with Crippen LogP contribution in [0.25, 0.3) is 0 Å². The van der Waals surface area contributed by atoms with E-state index in [0.29, 0.717) is 5.92 Å². The minimum absolute atomic E-state index is 0.232. The van der Waals surface area contributed by atoms with Gasteiger partial charge in [-0.3, -0.25) is 4.90 Å². The standard InChI is InChI=1S/C19H34N4/c1-4-22-9-11-23(12-10-22)15-18-7-5-17(6-8-18)13-21-14-19(20)16(2)3/h5-8,16,19,21H,4,9-15,20H2,1-3H3. The van der Waals surface area contributed by atoms with E-state index in [2.05, 4.69) is 60.2 Å². The zero-order valence-corrected chi connectivity index (χ0v) is 15.1. The van der Waals surface area contributed by atoms with Crippen LogP contribution < -0.4 is 11.1 Å². The van der Waals surface area contributed by atoms with E-state index in [1.54, 1.807) is 0 Å². The fraction of sp³-hybridized carbons (Fsp3) is 0.684. The van der Waals surface area contributed by atoms with Crippen LogP contribution in [0.2, 0.25) is 0 Å². The first-order chi connectivity index (χ1) is 11.1. The molecule has 0 aromatic heterocycles. The fourth-order valence-corrected chi connectivity index (χ4v) is 2.90. The molecular formula is C19H34N4. The molecule has 1 saturated heterocycles. The number of hydrogen-bond donors (Lipinski definition) is 2. The molecule has 0 radical (unpaired) electrons. The van der Waals surface area contributed by atoms with Crippen molar-refractivity contribution in [1.82, 2.24) is 15.1 Å². The Hall–Kier alpha value is -0.940. The molecule has 1 aromatic rings. The lowest BCUT2D eigenvalue weighted by molar-refractivity contribution is 0.132. The molecule has 4 nitrogen and oxygen atoms in total. The molecule has 1 aliphatic heterocycles. The van der Waals surface area contributed by atoms with Crippen LogP contribution in [0.3, 0.4) is 0 Å². The van der Waals surface area contributed by atoms with E-state index in [1.165, 1.54) is 43.9 Å². The molecular weight excluding hydrogens is 284 g/mol. The molecule has 1 fully saturated rings. The van der Waals surface area contributed by atoms with Gasteiger partial charge < -0.3 is 16.0 Å². The third-order valence-electron chi connectivity index (χ3n) is 4.91. The van der Waals surface area contributed by atoms with Gasteiger partial charge in [0.25, 0.3) is 0 Å². The normalized spacial score (nSPS) is 18.5. The maximum absolute atomic E-state index is 6.06. The van der Waals surface area contributed by atoms with Crippen molar-refractivity contribution in [3.63, 3.8) is 0 Å². The van der Waals surface area contributed by atoms with Crippen molar-refractivity contribution in [2.24, 2.45) is 11.7 Å². The van der Waals surface area contributed by atoms with Crippen LogP contribution >= 0.6 is 0 Å². The Morgan fingerprint density at radius 1 is 1.00 bits per heavy atom. The van der Waals surface area contributed by atoms with Crippen LogP contribution in [0, 0.1) is 5.92 Å². The molecule has 3 N–H and O–H groups in total. The molecule has 1 unspecified atom stereocenters. The molecule has 1 aromatic carbocycles. The lowest BCUT2D eigenvalue weighted by Gasteiger charge is -2.34. The summed E-state index contributed by atoms with van der Waals surface area (Å²) in [6.45, 7) is 15.4. The summed E-state index contributed by atoms with van der Waals surface area (Å²) in [5.41, 5.74) is 8.81. The Balaban J connectivity index is 1.72. The zero-order valence-electron chi connectivity index (χ0n) is 15.1. The SMILES string of the molecule is CCN1CCN(Cc2ccc(CNCC(N)C(C)C)cc2)CC1. The maximum Gasteiger partial charge on any atom is 0.0234 e. The van der Waals surface area contributed by atoms with E-state index in [4.69, 9.17) is 5.73 Å². The Morgan fingerprint density at radius 3 is 2.13 bits per heavy atom. The average molecular weight is 319 g/mol. The Morgan fingerprint density at radius 2 is 1.57 bits per heavy atom. The van der Waals surface area contributed by atoms with Gasteiger partial charge in [-0.2, -0.15) is 0 Å². The van der Waals surface area contributed by atoms with Crippen molar-refractivity contribution in [1.29, 1.82) is 0 Å². The molecule has 23 heavy (non-hydrogen) atoms. The molecule has 0 amide bonds. The minimum atomic E-state index is 0.232. The van der Waals surface area contributed by atoms with E-state index >= 15 is 0 Å². The van der Waals surface area contributed by atoms with Gasteiger partial charge in [0.15, 0.2) is 0 Å². The molecule has 4 heteroatoms. The topological polar surface area (TPSA) is 44.5 Å². The van der Waals surface area contributed by atoms with E-state index in [0.717, 1.165) is 19.6 Å². The predicted octanol–water partition coefficient (Wildman–Crippen LogP) is 1.90. The lowest BCUT2D eigenvalue weighted by Crippen LogP contribution is -2.45. The van der Waals surface area contributed by atoms with Crippen LogP contribution in [0.15, 0.2) is 24.3 Å². The Labute approximate surface area is 142 Å². The highest BCUT2D eigenvalue weighted by Crippen LogP contribution is 2.10. The summed E-state index contributed by atoms with van der Waals surface area (Å²) in [7, 11) is 0. The molecule has 1 heterocycles. The van der Waals surface area contributed by atoms with Gasteiger partial charge in [0.05, 0.1) is 0 Å². The van der Waals surface area contributed by atoms with Gasteiger partial charge in [-0.15, -0.1) is 0 Å². The first kappa shape index (κ1) is 18.4. The van der Waals surface area contributed by atoms with E-state index in [1.807, 2.05) is 0 Å². The van der Waals surface area contributed by atoms with Gasteiger partial charge in [0.2, 0.25) is 0 Å². The van der Waals surface area contributed by atoms with Crippen molar-refractivity contribution in [2.75, 3.05) is 39.3 Å². The van der Waals surface area contributed by atoms with Gasteiger partial charge in [-0.05, 0) is 23.6 Å². The van der Waals surface area contributed by atoms with Crippen LogP contribution in [-0.4, -0.2) is 55.1 Å². The van der Waals surface area contributed by atoms with Crippen molar-refractivity contribution in [3.8, 4) is 0 Å². The van der Waals surface area contributed by atoms with Crippen molar-refractivity contribution >= 4 is 0 Å². The highest BCUT2D eigenvalue weighted by atomic mass is 15.3. The van der Waals surface area contributed by atoms with E-state index in [9.17, 15) is 0 Å². The highest BCUT2D eigenvalue weighted by Gasteiger charge is 2.15. The van der Waals surface area contributed by atoms with Crippen LogP contribution in [0.4, 0.5) is 0 Å². The molecule has 130 valence electrons. The monoisotopic (exact) mass is 318 g/mol. The second kappa shape index (κ2) is 9.38. The summed E-state index contributed by atoms with van der Waals surface area (Å²) in [4.78, 5) is 5.08. The lowest BCUT2D eigenvalue weighted by atomic mass is 10.1. The minimum Gasteiger partial charge on any atom is -0.326 e. The van der Waals surface area contributed by atoms with Gasteiger partial charge in [-0.1, -0.05) is 45.0 Å². The van der Waals surface area contributed by atoms with E-state index in [-0.39, 0.29) is 6.04 Å². The third-order valence-corrected chi connectivity index (χ3v) is 4.91. The van der Waals surface area contributed by atoms with Crippen LogP contribution in [0.5, 0.6) is 0 Å². The molecule has 0 aliphatic carbocycles. The summed E-state index contributed by atoms with van der Waals surface area (Å²) in [5, 5.41) is 3.45. The smallest absolute Gasteiger partial charge is 0.0234 e. The zero-order chi connectivity index (χ0) is 16.7. The summed E-state index contributed by atoms with van der Waals surface area (Å²) in [5.74, 6) is 0.526. The quantitative estimate of drug-likeness (QED) is 0.768. The summed E-state index contributed by atoms with van der Waals surface area (Å²) >= 11 is 0. The molecule has 0 spiro atoms. The van der Waals surface area contributed by atoms with Gasteiger partial charge in [-0.25, -0.2) is 0 Å². The summed E-state index contributed by atoms with van der Waals surface area (Å²) < 4.78 is 0. The first-order valence-corrected chi connectivity index (χ1v) is 9.07. The average Bonchev–Trinajstić information content (AvgIpc) is 2.57. The second-order valence-corrected chi connectivity index (χ2v) is 7.07. The summed E-state index contributed by atoms with van der Waals surface area (Å²) in [6.07, 6.45) is 0. The Bertz CT molecular complexity index is 435. The highest BCUT2D eigenvalue weighted by molar-refractivity contribution is 5.22. The van der Waals surface area contributed by atoms with E-state index < -0.39 is 0 Å². The number of nitrogens with one attached hydrogen (secondary N) is 1.